The van der Waals surface area contributed by atoms with Crippen LogP contribution in [0.1, 0.15) is 57.3 Å². The maximum absolute atomic E-state index is 11.8. The number of Topliss-reactive ketones (excluding diaryl/α,β-unsaturated/α-hetero) is 1. The van der Waals surface area contributed by atoms with Crippen LogP contribution in [0.3, 0.4) is 0 Å². The van der Waals surface area contributed by atoms with Crippen molar-refractivity contribution in [2.75, 3.05) is 0 Å². The summed E-state index contributed by atoms with van der Waals surface area (Å²) in [6.45, 7) is 3.93. The van der Waals surface area contributed by atoms with Gasteiger partial charge in [0.25, 0.3) is 0 Å². The average molecular weight is 264 g/mol. The molecule has 3 heteroatoms. The molecule has 0 aliphatic rings. The summed E-state index contributed by atoms with van der Waals surface area (Å²) >= 11 is 0. The van der Waals surface area contributed by atoms with Gasteiger partial charge in [0.15, 0.2) is 5.78 Å². The van der Waals surface area contributed by atoms with E-state index in [1.807, 2.05) is 26.0 Å². The number of unbranched alkanes of at least 4 members (excludes halogenated alkanes) is 2. The minimum absolute atomic E-state index is 0. The first-order valence-electron chi connectivity index (χ1n) is 6.37. The zero-order valence-corrected chi connectivity index (χ0v) is 11.0. The van der Waals surface area contributed by atoms with Gasteiger partial charge in [0.2, 0.25) is 0 Å². The van der Waals surface area contributed by atoms with E-state index >= 15 is 0 Å². The second-order valence-electron chi connectivity index (χ2n) is 4.53. The molecule has 0 atom stereocenters. The third-order valence-electron chi connectivity index (χ3n) is 2.52. The Hall–Kier alpha value is -1.64. The number of hydrogen-bond acceptors (Lipinski definition) is 3. The SMILES string of the molecule is C.CC(C)Oc1ccc(C(=O)CCCCC=O)cc1. The highest BCUT2D eigenvalue weighted by Gasteiger charge is 2.06. The van der Waals surface area contributed by atoms with E-state index in [-0.39, 0.29) is 19.3 Å². The molecule has 1 aromatic carbocycles. The van der Waals surface area contributed by atoms with E-state index in [9.17, 15) is 9.59 Å². The minimum atomic E-state index is 0. The molecular formula is C16H24O3. The van der Waals surface area contributed by atoms with Crippen molar-refractivity contribution in [3.8, 4) is 5.75 Å². The molecule has 0 heterocycles. The Balaban J connectivity index is 0.00000324. The molecule has 1 aromatic rings. The van der Waals surface area contributed by atoms with Crippen LogP contribution in [0.2, 0.25) is 0 Å². The van der Waals surface area contributed by atoms with Crippen LogP contribution < -0.4 is 4.74 Å². The van der Waals surface area contributed by atoms with Crippen molar-refractivity contribution >= 4 is 12.1 Å². The number of carbonyl (C=O) groups excluding carboxylic acids is 2. The van der Waals surface area contributed by atoms with E-state index in [2.05, 4.69) is 0 Å². The Morgan fingerprint density at radius 1 is 1.21 bits per heavy atom. The van der Waals surface area contributed by atoms with E-state index in [1.165, 1.54) is 0 Å². The smallest absolute Gasteiger partial charge is 0.162 e. The Morgan fingerprint density at radius 2 is 1.84 bits per heavy atom. The minimum Gasteiger partial charge on any atom is -0.491 e. The topological polar surface area (TPSA) is 43.4 Å². The molecule has 0 amide bonds. The maximum atomic E-state index is 11.8. The Labute approximate surface area is 116 Å². The molecular weight excluding hydrogens is 240 g/mol. The number of aldehydes is 1. The van der Waals surface area contributed by atoms with Gasteiger partial charge in [-0.3, -0.25) is 4.79 Å². The van der Waals surface area contributed by atoms with Crippen LogP contribution >= 0.6 is 0 Å². The van der Waals surface area contributed by atoms with Crippen LogP contribution in [0.4, 0.5) is 0 Å². The van der Waals surface area contributed by atoms with E-state index in [0.717, 1.165) is 24.9 Å². The number of ketones is 1. The monoisotopic (exact) mass is 264 g/mol. The zero-order chi connectivity index (χ0) is 13.4. The average Bonchev–Trinajstić information content (AvgIpc) is 2.34. The third kappa shape index (κ3) is 6.75. The fourth-order valence-electron chi connectivity index (χ4n) is 1.65. The number of rotatable bonds is 8. The third-order valence-corrected chi connectivity index (χ3v) is 2.52. The summed E-state index contributed by atoms with van der Waals surface area (Å²) in [4.78, 5) is 22.0. The highest BCUT2D eigenvalue weighted by atomic mass is 16.5. The highest BCUT2D eigenvalue weighted by molar-refractivity contribution is 5.96. The molecule has 0 aliphatic carbocycles. The lowest BCUT2D eigenvalue weighted by Gasteiger charge is -2.09. The van der Waals surface area contributed by atoms with Gasteiger partial charge in [-0.15, -0.1) is 0 Å². The normalized spacial score (nSPS) is 9.84. The maximum Gasteiger partial charge on any atom is 0.162 e. The summed E-state index contributed by atoms with van der Waals surface area (Å²) in [7, 11) is 0. The van der Waals surface area contributed by atoms with Gasteiger partial charge in [-0.2, -0.15) is 0 Å². The van der Waals surface area contributed by atoms with Gasteiger partial charge in [0.1, 0.15) is 12.0 Å². The van der Waals surface area contributed by atoms with Gasteiger partial charge in [0.05, 0.1) is 6.10 Å². The van der Waals surface area contributed by atoms with Crippen molar-refractivity contribution in [1.29, 1.82) is 0 Å². The quantitative estimate of drug-likeness (QED) is 0.404. The fraction of sp³-hybridized carbons (Fsp3) is 0.500. The van der Waals surface area contributed by atoms with Gasteiger partial charge in [-0.25, -0.2) is 0 Å². The van der Waals surface area contributed by atoms with Crippen molar-refractivity contribution in [1.82, 2.24) is 0 Å². The molecule has 0 N–H and O–H groups in total. The lowest BCUT2D eigenvalue weighted by molar-refractivity contribution is -0.107. The zero-order valence-electron chi connectivity index (χ0n) is 11.0. The molecule has 19 heavy (non-hydrogen) atoms. The molecule has 0 aliphatic heterocycles. The Morgan fingerprint density at radius 3 is 2.37 bits per heavy atom. The van der Waals surface area contributed by atoms with Crippen LogP contribution in [0, 0.1) is 0 Å². The van der Waals surface area contributed by atoms with Gasteiger partial charge in [0, 0.05) is 18.4 Å². The first kappa shape index (κ1) is 17.4. The van der Waals surface area contributed by atoms with Crippen LogP contribution in [-0.2, 0) is 4.79 Å². The van der Waals surface area contributed by atoms with Gasteiger partial charge >= 0.3 is 0 Å². The second kappa shape index (κ2) is 9.31. The van der Waals surface area contributed by atoms with Crippen molar-refractivity contribution in [2.45, 2.75) is 53.1 Å². The first-order chi connectivity index (χ1) is 8.63. The van der Waals surface area contributed by atoms with E-state index in [4.69, 9.17) is 4.74 Å². The summed E-state index contributed by atoms with van der Waals surface area (Å²) in [5, 5.41) is 0. The van der Waals surface area contributed by atoms with Crippen LogP contribution in [0.5, 0.6) is 5.75 Å². The molecule has 0 fully saturated rings. The molecule has 106 valence electrons. The van der Waals surface area contributed by atoms with Crippen molar-refractivity contribution in [3.63, 3.8) is 0 Å². The Kier molecular flexibility index (Phi) is 8.51. The standard InChI is InChI=1S/C15H20O3.CH4/c1-12(2)18-14-9-7-13(8-10-14)15(17)6-4-3-5-11-16;/h7-12H,3-6H2,1-2H3;1H4. The van der Waals surface area contributed by atoms with E-state index in [1.54, 1.807) is 12.1 Å². The predicted molar refractivity (Wildman–Crippen MR) is 77.8 cm³/mol. The van der Waals surface area contributed by atoms with Crippen LogP contribution in [0.25, 0.3) is 0 Å². The molecule has 0 aromatic heterocycles. The number of carbonyl (C=O) groups is 2. The summed E-state index contributed by atoms with van der Waals surface area (Å²) in [6, 6.07) is 7.22. The highest BCUT2D eigenvalue weighted by Crippen LogP contribution is 2.15. The van der Waals surface area contributed by atoms with Gasteiger partial charge in [-0.1, -0.05) is 7.43 Å². The second-order valence-corrected chi connectivity index (χ2v) is 4.53. The lowest BCUT2D eigenvalue weighted by atomic mass is 10.0. The molecule has 0 saturated carbocycles. The van der Waals surface area contributed by atoms with Crippen LogP contribution in [0.15, 0.2) is 24.3 Å². The van der Waals surface area contributed by atoms with Crippen molar-refractivity contribution in [2.24, 2.45) is 0 Å². The summed E-state index contributed by atoms with van der Waals surface area (Å²) in [5.74, 6) is 0.902. The lowest BCUT2D eigenvalue weighted by Crippen LogP contribution is -2.06. The number of ether oxygens (including phenoxy) is 1. The summed E-state index contributed by atoms with van der Waals surface area (Å²) in [6.07, 6.45) is 3.61. The number of benzene rings is 1. The summed E-state index contributed by atoms with van der Waals surface area (Å²) < 4.78 is 5.51. The molecule has 3 nitrogen and oxygen atoms in total. The molecule has 0 bridgehead atoms. The van der Waals surface area contributed by atoms with Crippen LogP contribution in [-0.4, -0.2) is 18.2 Å². The van der Waals surface area contributed by atoms with Gasteiger partial charge < -0.3 is 9.53 Å². The molecule has 0 unspecified atom stereocenters. The van der Waals surface area contributed by atoms with E-state index in [0.29, 0.717) is 18.4 Å². The molecule has 0 saturated heterocycles. The Bertz CT molecular complexity index is 379. The van der Waals surface area contributed by atoms with Crippen molar-refractivity contribution < 1.29 is 14.3 Å². The van der Waals surface area contributed by atoms with Crippen molar-refractivity contribution in [3.05, 3.63) is 29.8 Å². The predicted octanol–water partition coefficient (Wildman–Crippen LogP) is 4.05. The van der Waals surface area contributed by atoms with Gasteiger partial charge in [-0.05, 0) is 51.0 Å². The number of hydrogen-bond donors (Lipinski definition) is 0. The molecule has 0 radical (unpaired) electrons. The first-order valence-corrected chi connectivity index (χ1v) is 6.37. The largest absolute Gasteiger partial charge is 0.491 e. The van der Waals surface area contributed by atoms with E-state index < -0.39 is 0 Å². The summed E-state index contributed by atoms with van der Waals surface area (Å²) in [5.41, 5.74) is 0.706. The molecule has 0 spiro atoms. The molecule has 1 rings (SSSR count). The fourth-order valence-corrected chi connectivity index (χ4v) is 1.65.